The maximum absolute atomic E-state index is 14.5. The molecule has 8 atom stereocenters. The Morgan fingerprint density at radius 1 is 0.703 bits per heavy atom. The molecular formula is C50H78N12O8S4. The van der Waals surface area contributed by atoms with Crippen LogP contribution in [0.3, 0.4) is 0 Å². The molecule has 74 heavy (non-hydrogen) atoms. The number of likely N-dealkylation sites (tertiary alicyclic amines) is 2. The van der Waals surface area contributed by atoms with Crippen molar-refractivity contribution in [2.24, 2.45) is 62.5 Å². The number of piperidine rings is 2. The third kappa shape index (κ3) is 15.9. The van der Waals surface area contributed by atoms with Crippen LogP contribution in [0.2, 0.25) is 0 Å². The number of anilines is 1. The Bertz CT molecular complexity index is 2420. The average Bonchev–Trinajstić information content (AvgIpc) is 3.35. The van der Waals surface area contributed by atoms with Crippen molar-refractivity contribution in [1.82, 2.24) is 25.2 Å². The Morgan fingerprint density at radius 3 is 1.84 bits per heavy atom. The number of hydrogen-bond donors (Lipinski definition) is 8. The highest BCUT2D eigenvalue weighted by molar-refractivity contribution is 8.76. The standard InChI is InChI=1S/C50H78N12O8S4/c1-31-15-16-38-35(23-31)9-5-13-42(38)74(69,70)60-39(12-8-20-56-50(53)54)48(66)62-22-18-33(3)26-41(62)46(64)59-30-72-71-29-58-45(63)40-25-32(2)17-21-61(40)47(65)37(11-7-19-55-49(51)52)28-73(67,68)43-14-6-10-36-24-34(4)27-57-44(36)43/h5-6,9-10,13-14,31-34,37,39-41,57,60H,7-8,11-12,15-30H2,1-4H3,(H,58,63)(H,59,64)(H4,51,52,55)(H4,53,54,56)/t31-,32-,33-,34+,37-,39+,40-,41-/m1/s1. The molecule has 2 aromatic rings. The van der Waals surface area contributed by atoms with Crippen molar-refractivity contribution in [1.29, 1.82) is 0 Å². The van der Waals surface area contributed by atoms with E-state index >= 15 is 0 Å². The summed E-state index contributed by atoms with van der Waals surface area (Å²) >= 11 is 0. The van der Waals surface area contributed by atoms with E-state index in [1.54, 1.807) is 24.3 Å². The molecule has 0 radical (unpaired) electrons. The number of sulfonamides is 1. The number of rotatable bonds is 23. The summed E-state index contributed by atoms with van der Waals surface area (Å²) in [6.45, 7) is 9.84. The Kier molecular flexibility index (Phi) is 21.2. The van der Waals surface area contributed by atoms with E-state index in [9.17, 15) is 36.0 Å². The maximum atomic E-state index is 14.5. The van der Waals surface area contributed by atoms with Crippen LogP contribution in [-0.2, 0) is 58.3 Å². The van der Waals surface area contributed by atoms with E-state index in [1.807, 2.05) is 26.0 Å². The summed E-state index contributed by atoms with van der Waals surface area (Å²) < 4.78 is 59.4. The summed E-state index contributed by atoms with van der Waals surface area (Å²) in [6, 6.07) is 7.63. The first-order chi connectivity index (χ1) is 35.1. The third-order valence-corrected chi connectivity index (χ3v) is 19.8. The molecule has 12 N–H and O–H groups in total. The summed E-state index contributed by atoms with van der Waals surface area (Å²) in [5.74, 6) is -1.98. The van der Waals surface area contributed by atoms with Gasteiger partial charge in [0.05, 0.1) is 38.9 Å². The Balaban J connectivity index is 1.06. The zero-order chi connectivity index (χ0) is 53.7. The molecule has 4 amide bonds. The Morgan fingerprint density at radius 2 is 1.24 bits per heavy atom. The first-order valence-corrected chi connectivity index (χ1v) is 31.5. The van der Waals surface area contributed by atoms with Crippen molar-refractivity contribution in [3.05, 3.63) is 53.1 Å². The van der Waals surface area contributed by atoms with Crippen molar-refractivity contribution in [2.45, 2.75) is 133 Å². The monoisotopic (exact) mass is 1100 g/mol. The topological polar surface area (TPSA) is 320 Å². The normalized spacial score (nSPS) is 22.7. The molecule has 24 heteroatoms. The highest BCUT2D eigenvalue weighted by Gasteiger charge is 2.41. The van der Waals surface area contributed by atoms with Gasteiger partial charge in [-0.3, -0.25) is 29.2 Å². The number of guanidine groups is 2. The van der Waals surface area contributed by atoms with Crippen LogP contribution >= 0.6 is 21.6 Å². The molecule has 4 aliphatic rings. The highest BCUT2D eigenvalue weighted by atomic mass is 33.1. The van der Waals surface area contributed by atoms with Crippen LogP contribution in [0.15, 0.2) is 56.2 Å². The van der Waals surface area contributed by atoms with Gasteiger partial charge in [0, 0.05) is 32.7 Å². The minimum atomic E-state index is -4.16. The van der Waals surface area contributed by atoms with Gasteiger partial charge in [-0.05, 0) is 130 Å². The molecule has 0 bridgehead atoms. The number of nitrogens with one attached hydrogen (secondary N) is 4. The van der Waals surface area contributed by atoms with Gasteiger partial charge in [0.2, 0.25) is 33.7 Å². The Labute approximate surface area is 445 Å². The minimum absolute atomic E-state index is 0.0987. The van der Waals surface area contributed by atoms with Gasteiger partial charge >= 0.3 is 0 Å². The van der Waals surface area contributed by atoms with Crippen LogP contribution in [0.5, 0.6) is 0 Å². The number of amides is 4. The average molecular weight is 1100 g/mol. The van der Waals surface area contributed by atoms with Crippen LogP contribution in [0, 0.1) is 29.6 Å². The van der Waals surface area contributed by atoms with Crippen molar-refractivity contribution in [2.75, 3.05) is 55.5 Å². The van der Waals surface area contributed by atoms with E-state index in [0.717, 1.165) is 36.0 Å². The zero-order valence-corrected chi connectivity index (χ0v) is 46.5. The minimum Gasteiger partial charge on any atom is -0.383 e. The van der Waals surface area contributed by atoms with E-state index in [2.05, 4.69) is 44.5 Å². The number of nitrogens with zero attached hydrogens (tertiary/aromatic N) is 4. The van der Waals surface area contributed by atoms with Gasteiger partial charge in [-0.25, -0.2) is 16.8 Å². The number of fused-ring (bicyclic) bond motifs is 2. The van der Waals surface area contributed by atoms with Crippen LogP contribution in [0.25, 0.3) is 0 Å². The maximum Gasteiger partial charge on any atom is 0.243 e. The van der Waals surface area contributed by atoms with Crippen molar-refractivity contribution >= 4 is 82.7 Å². The number of hydrogen-bond acceptors (Lipinski definition) is 13. The lowest BCUT2D eigenvalue weighted by Gasteiger charge is -2.39. The molecule has 3 heterocycles. The molecule has 0 aromatic heterocycles. The second-order valence-electron chi connectivity index (χ2n) is 20.7. The van der Waals surface area contributed by atoms with Gasteiger partial charge in [0.25, 0.3) is 0 Å². The summed E-state index contributed by atoms with van der Waals surface area (Å²) in [5, 5.41) is 9.16. The van der Waals surface area contributed by atoms with Crippen molar-refractivity contribution in [3.63, 3.8) is 0 Å². The summed E-state index contributed by atoms with van der Waals surface area (Å²) in [5.41, 5.74) is 25.4. The van der Waals surface area contributed by atoms with E-state index < -0.39 is 61.5 Å². The van der Waals surface area contributed by atoms with Crippen LogP contribution in [0.1, 0.15) is 102 Å². The second kappa shape index (κ2) is 26.8. The summed E-state index contributed by atoms with van der Waals surface area (Å²) in [6.07, 6.45) is 5.98. The highest BCUT2D eigenvalue weighted by Crippen LogP contribution is 2.35. The van der Waals surface area contributed by atoms with E-state index in [-0.39, 0.29) is 96.1 Å². The first-order valence-electron chi connectivity index (χ1n) is 25.9. The zero-order valence-electron chi connectivity index (χ0n) is 43.2. The first kappa shape index (κ1) is 58.5. The SMILES string of the molecule is C[C@@H]1CCc2c(cccc2S(=O)(=O)N[C@@H](CCCN=C(N)N)C(=O)N2CC[C@@H](C)C[C@@H]2C(=O)NCSSCNC(=O)[C@H]2C[C@H](C)CCN2C(=O)[C@H](CCCN=C(N)N)CS(=O)(=O)c2cccc3c2NC[C@@H](C)C3)C1. The lowest BCUT2D eigenvalue weighted by atomic mass is 9.85. The number of benzene rings is 2. The Hall–Kier alpha value is -4.78. The van der Waals surface area contributed by atoms with E-state index in [0.29, 0.717) is 69.0 Å². The molecule has 3 aliphatic heterocycles. The molecule has 6 rings (SSSR count). The molecule has 1 aliphatic carbocycles. The fourth-order valence-corrected chi connectivity index (χ4v) is 15.3. The van der Waals surface area contributed by atoms with Crippen LogP contribution in [-0.4, -0.2) is 131 Å². The lowest BCUT2D eigenvalue weighted by Crippen LogP contribution is -2.58. The second-order valence-corrected chi connectivity index (χ2v) is 26.9. The molecule has 0 unspecified atom stereocenters. The molecule has 410 valence electrons. The van der Waals surface area contributed by atoms with Gasteiger partial charge in [-0.1, -0.05) is 73.5 Å². The molecule has 2 fully saturated rings. The number of carbonyl (C=O) groups excluding carboxylic acids is 4. The number of aliphatic imine (C=N–C) groups is 2. The number of nitrogens with two attached hydrogens (primary N) is 4. The van der Waals surface area contributed by atoms with Crippen molar-refractivity contribution < 1.29 is 36.0 Å². The predicted molar refractivity (Wildman–Crippen MR) is 294 cm³/mol. The van der Waals surface area contributed by atoms with Crippen LogP contribution < -0.4 is 43.6 Å². The summed E-state index contributed by atoms with van der Waals surface area (Å²) in [4.78, 5) is 68.3. The molecule has 0 spiro atoms. The number of para-hydroxylation sites is 1. The van der Waals surface area contributed by atoms with Gasteiger partial charge in [0.15, 0.2) is 21.8 Å². The van der Waals surface area contributed by atoms with Gasteiger partial charge < -0.3 is 48.7 Å². The van der Waals surface area contributed by atoms with E-state index in [4.69, 9.17) is 22.9 Å². The third-order valence-electron chi connectivity index (χ3n) is 14.5. The lowest BCUT2D eigenvalue weighted by molar-refractivity contribution is -0.146. The van der Waals surface area contributed by atoms with Crippen molar-refractivity contribution in [3.8, 4) is 0 Å². The molecule has 2 aromatic carbocycles. The predicted octanol–water partition coefficient (Wildman–Crippen LogP) is 3.04. The van der Waals surface area contributed by atoms with Gasteiger partial charge in [0.1, 0.15) is 18.1 Å². The smallest absolute Gasteiger partial charge is 0.243 e. The largest absolute Gasteiger partial charge is 0.383 e. The fraction of sp³-hybridized carbons (Fsp3) is 0.640. The van der Waals surface area contributed by atoms with Gasteiger partial charge in [-0.2, -0.15) is 4.72 Å². The molecule has 20 nitrogen and oxygen atoms in total. The van der Waals surface area contributed by atoms with E-state index in [1.165, 1.54) is 31.4 Å². The molecule has 2 saturated heterocycles. The fourth-order valence-electron chi connectivity index (χ4n) is 10.6. The molecular weight excluding hydrogens is 1020 g/mol. The number of carbonyl (C=O) groups is 4. The quantitative estimate of drug-likeness (QED) is 0.0261. The van der Waals surface area contributed by atoms with Gasteiger partial charge in [-0.15, -0.1) is 0 Å². The molecule has 0 saturated carbocycles. The summed E-state index contributed by atoms with van der Waals surface area (Å²) in [7, 11) is -5.55. The number of sulfone groups is 1. The van der Waals surface area contributed by atoms with Crippen LogP contribution in [0.4, 0.5) is 5.69 Å².